The van der Waals surface area contributed by atoms with Crippen LogP contribution in [-0.4, -0.2) is 41.0 Å². The van der Waals surface area contributed by atoms with Gasteiger partial charge in [-0.1, -0.05) is 0 Å². The van der Waals surface area contributed by atoms with Gasteiger partial charge in [-0.2, -0.15) is 5.26 Å². The normalized spacial score (nSPS) is 21.3. The second-order valence-electron chi connectivity index (χ2n) is 6.89. The van der Waals surface area contributed by atoms with Gasteiger partial charge in [0.2, 0.25) is 11.8 Å². The number of hydrogen-bond donors (Lipinski definition) is 1. The molecule has 0 aromatic carbocycles. The number of likely N-dealkylation sites (tertiary alicyclic amines) is 1. The maximum absolute atomic E-state index is 12.7. The van der Waals surface area contributed by atoms with Gasteiger partial charge in [-0.25, -0.2) is 4.98 Å². The van der Waals surface area contributed by atoms with E-state index in [9.17, 15) is 4.79 Å². The van der Waals surface area contributed by atoms with E-state index in [0.717, 1.165) is 28.2 Å². The largest absolute Gasteiger partial charge is 0.481 e. The van der Waals surface area contributed by atoms with Crippen molar-refractivity contribution in [2.75, 3.05) is 25.5 Å². The number of ether oxygens (including phenoxy) is 1. The van der Waals surface area contributed by atoms with Crippen molar-refractivity contribution >= 4 is 11.6 Å². The molecule has 2 aromatic heterocycles. The standard InChI is InChI=1S/C19H19N5O2/c1-12-14(3-4-17(22-12)26-2)13-7-15-16(21-9-13)8-19(18(25)23-15)5-6-24(10-19)11-20/h3-4,7,9H,5-6,8,10H2,1-2H3,(H,23,25). The van der Waals surface area contributed by atoms with E-state index in [4.69, 9.17) is 10.00 Å². The molecule has 26 heavy (non-hydrogen) atoms. The average Bonchev–Trinajstić information content (AvgIpc) is 3.06. The van der Waals surface area contributed by atoms with E-state index in [-0.39, 0.29) is 5.91 Å². The summed E-state index contributed by atoms with van der Waals surface area (Å²) in [6, 6.07) is 5.70. The van der Waals surface area contributed by atoms with E-state index in [1.807, 2.05) is 31.3 Å². The van der Waals surface area contributed by atoms with Crippen molar-refractivity contribution in [1.82, 2.24) is 14.9 Å². The molecule has 2 aromatic rings. The Balaban J connectivity index is 1.67. The van der Waals surface area contributed by atoms with Crippen molar-refractivity contribution in [3.8, 4) is 23.2 Å². The van der Waals surface area contributed by atoms with Crippen molar-refractivity contribution in [2.45, 2.75) is 19.8 Å². The van der Waals surface area contributed by atoms with Crippen molar-refractivity contribution in [1.29, 1.82) is 5.26 Å². The van der Waals surface area contributed by atoms with Crippen LogP contribution in [0.3, 0.4) is 0 Å². The molecular formula is C19H19N5O2. The van der Waals surface area contributed by atoms with Crippen LogP contribution in [-0.2, 0) is 11.2 Å². The van der Waals surface area contributed by atoms with Gasteiger partial charge < -0.3 is 15.0 Å². The van der Waals surface area contributed by atoms with Gasteiger partial charge in [0.1, 0.15) is 0 Å². The Labute approximate surface area is 151 Å². The van der Waals surface area contributed by atoms with E-state index >= 15 is 0 Å². The molecule has 132 valence electrons. The molecule has 4 heterocycles. The van der Waals surface area contributed by atoms with Crippen molar-refractivity contribution in [2.24, 2.45) is 5.41 Å². The third-order valence-electron chi connectivity index (χ3n) is 5.28. The summed E-state index contributed by atoms with van der Waals surface area (Å²) in [6.07, 6.45) is 5.20. The van der Waals surface area contributed by atoms with E-state index in [2.05, 4.69) is 21.5 Å². The first kappa shape index (κ1) is 16.3. The number of nitrogens with zero attached hydrogens (tertiary/aromatic N) is 4. The Morgan fingerprint density at radius 1 is 1.42 bits per heavy atom. The highest BCUT2D eigenvalue weighted by Gasteiger charge is 2.47. The maximum atomic E-state index is 12.7. The topological polar surface area (TPSA) is 91.1 Å². The van der Waals surface area contributed by atoms with Crippen LogP contribution in [0.25, 0.3) is 11.1 Å². The Hall–Kier alpha value is -3.14. The molecule has 1 spiro atoms. The minimum absolute atomic E-state index is 0.0220. The molecular weight excluding hydrogens is 330 g/mol. The van der Waals surface area contributed by atoms with Crippen LogP contribution in [0, 0.1) is 23.8 Å². The summed E-state index contributed by atoms with van der Waals surface area (Å²) >= 11 is 0. The number of hydrogen-bond acceptors (Lipinski definition) is 6. The number of nitriles is 1. The first-order chi connectivity index (χ1) is 12.5. The molecule has 1 amide bonds. The third kappa shape index (κ3) is 2.54. The monoisotopic (exact) mass is 349 g/mol. The smallest absolute Gasteiger partial charge is 0.232 e. The molecule has 0 aliphatic carbocycles. The number of nitrogens with one attached hydrogen (secondary N) is 1. The number of methoxy groups -OCH3 is 1. The maximum Gasteiger partial charge on any atom is 0.232 e. The molecule has 1 N–H and O–H groups in total. The lowest BCUT2D eigenvalue weighted by atomic mass is 9.78. The summed E-state index contributed by atoms with van der Waals surface area (Å²) < 4.78 is 5.15. The first-order valence-electron chi connectivity index (χ1n) is 8.52. The fourth-order valence-corrected chi connectivity index (χ4v) is 3.79. The van der Waals surface area contributed by atoms with Gasteiger partial charge in [0, 0.05) is 48.6 Å². The summed E-state index contributed by atoms with van der Waals surface area (Å²) in [5, 5.41) is 12.1. The van der Waals surface area contributed by atoms with Crippen LogP contribution in [0.15, 0.2) is 24.4 Å². The Morgan fingerprint density at radius 3 is 2.96 bits per heavy atom. The van der Waals surface area contributed by atoms with Gasteiger partial charge in [0.25, 0.3) is 0 Å². The third-order valence-corrected chi connectivity index (χ3v) is 5.28. The number of pyridine rings is 2. The minimum Gasteiger partial charge on any atom is -0.481 e. The molecule has 2 aliphatic heterocycles. The molecule has 1 saturated heterocycles. The highest BCUT2D eigenvalue weighted by molar-refractivity contribution is 5.99. The highest BCUT2D eigenvalue weighted by Crippen LogP contribution is 2.41. The number of anilines is 1. The molecule has 7 heteroatoms. The van der Waals surface area contributed by atoms with Gasteiger partial charge in [-0.3, -0.25) is 9.78 Å². The van der Waals surface area contributed by atoms with Gasteiger partial charge in [0.05, 0.1) is 23.9 Å². The number of aryl methyl sites for hydroxylation is 1. The van der Waals surface area contributed by atoms with Gasteiger partial charge in [-0.05, 0) is 25.5 Å². The molecule has 4 rings (SSSR count). The molecule has 0 saturated carbocycles. The highest BCUT2D eigenvalue weighted by atomic mass is 16.5. The predicted molar refractivity (Wildman–Crippen MR) is 95.3 cm³/mol. The molecule has 1 atom stereocenters. The fraction of sp³-hybridized carbons (Fsp3) is 0.368. The van der Waals surface area contributed by atoms with E-state index < -0.39 is 5.41 Å². The molecule has 1 fully saturated rings. The second kappa shape index (κ2) is 5.99. The van der Waals surface area contributed by atoms with Crippen LogP contribution >= 0.6 is 0 Å². The second-order valence-corrected chi connectivity index (χ2v) is 6.89. The quantitative estimate of drug-likeness (QED) is 0.835. The summed E-state index contributed by atoms with van der Waals surface area (Å²) in [6.45, 7) is 2.99. The molecule has 7 nitrogen and oxygen atoms in total. The average molecular weight is 349 g/mol. The van der Waals surface area contributed by atoms with Gasteiger partial charge in [-0.15, -0.1) is 0 Å². The number of amides is 1. The van der Waals surface area contributed by atoms with E-state index in [1.54, 1.807) is 12.0 Å². The minimum atomic E-state index is -0.547. The van der Waals surface area contributed by atoms with Gasteiger partial charge in [0.15, 0.2) is 6.19 Å². The Morgan fingerprint density at radius 2 is 2.27 bits per heavy atom. The lowest BCUT2D eigenvalue weighted by Gasteiger charge is -2.32. The zero-order valence-corrected chi connectivity index (χ0v) is 14.7. The first-order valence-corrected chi connectivity index (χ1v) is 8.52. The summed E-state index contributed by atoms with van der Waals surface area (Å²) in [5.41, 5.74) is 3.75. The lowest BCUT2D eigenvalue weighted by Crippen LogP contribution is -2.43. The van der Waals surface area contributed by atoms with Crippen molar-refractivity contribution < 1.29 is 9.53 Å². The summed E-state index contributed by atoms with van der Waals surface area (Å²) in [7, 11) is 1.59. The van der Waals surface area contributed by atoms with Crippen molar-refractivity contribution in [3.63, 3.8) is 0 Å². The number of aromatic nitrogens is 2. The predicted octanol–water partition coefficient (Wildman–Crippen LogP) is 2.13. The van der Waals surface area contributed by atoms with Crippen LogP contribution in [0.1, 0.15) is 17.8 Å². The molecule has 2 aliphatic rings. The van der Waals surface area contributed by atoms with Crippen LogP contribution in [0.5, 0.6) is 5.88 Å². The van der Waals surface area contributed by atoms with Crippen LogP contribution in [0.2, 0.25) is 0 Å². The Bertz CT molecular complexity index is 936. The zero-order chi connectivity index (χ0) is 18.3. The van der Waals surface area contributed by atoms with E-state index in [0.29, 0.717) is 31.8 Å². The molecule has 0 bridgehead atoms. The van der Waals surface area contributed by atoms with Crippen molar-refractivity contribution in [3.05, 3.63) is 35.8 Å². The summed E-state index contributed by atoms with van der Waals surface area (Å²) in [4.78, 5) is 23.4. The number of carbonyl (C=O) groups excluding carboxylic acids is 1. The number of rotatable bonds is 2. The van der Waals surface area contributed by atoms with Gasteiger partial charge >= 0.3 is 0 Å². The van der Waals surface area contributed by atoms with Crippen LogP contribution in [0.4, 0.5) is 5.69 Å². The Kier molecular flexibility index (Phi) is 3.76. The van der Waals surface area contributed by atoms with Crippen LogP contribution < -0.4 is 10.1 Å². The number of carbonyl (C=O) groups is 1. The molecule has 1 unspecified atom stereocenters. The lowest BCUT2D eigenvalue weighted by molar-refractivity contribution is -0.125. The summed E-state index contributed by atoms with van der Waals surface area (Å²) in [5.74, 6) is 0.543. The number of fused-ring (bicyclic) bond motifs is 1. The zero-order valence-electron chi connectivity index (χ0n) is 14.7. The SMILES string of the molecule is COc1ccc(-c2cnc3c(c2)NC(=O)C2(CCN(C#N)C2)C3)c(C)n1. The fourth-order valence-electron chi connectivity index (χ4n) is 3.79. The van der Waals surface area contributed by atoms with E-state index in [1.165, 1.54) is 0 Å². The molecule has 0 radical (unpaired) electrons.